The minimum absolute atomic E-state index is 0.237. The Kier molecular flexibility index (Phi) is 5.40. The minimum Gasteiger partial charge on any atom is -0.497 e. The van der Waals surface area contributed by atoms with E-state index in [9.17, 15) is 19.8 Å². The number of imide groups is 1. The summed E-state index contributed by atoms with van der Waals surface area (Å²) in [5.74, 6) is -0.984. The Hall–Kier alpha value is -2.68. The summed E-state index contributed by atoms with van der Waals surface area (Å²) >= 11 is 0. The number of aliphatic hydroxyl groups excluding tert-OH is 2. The number of carbonyl (C=O) groups is 2. The fraction of sp³-hybridized carbons (Fsp3) is 0.429. The standard InChI is InChI=1S/C21H24N2O6/c1-28-13-5-2-4-12(10-13)11-29-16-7-3-6-14-18(16)21(27)23(20(14)26)15-8-9-17(24)22-19(15)25/h2-7,10,14-15,17-19,22,24-25H,8-9,11H2,1H3. The minimum atomic E-state index is -1.17. The second kappa shape index (κ2) is 7.98. The van der Waals surface area contributed by atoms with E-state index >= 15 is 0 Å². The van der Waals surface area contributed by atoms with Gasteiger partial charge in [-0.1, -0.05) is 24.3 Å². The van der Waals surface area contributed by atoms with Gasteiger partial charge in [0.2, 0.25) is 11.8 Å². The molecule has 4 rings (SSSR count). The molecule has 2 fully saturated rings. The van der Waals surface area contributed by atoms with Crippen molar-refractivity contribution in [2.24, 2.45) is 11.8 Å². The zero-order chi connectivity index (χ0) is 20.5. The average molecular weight is 400 g/mol. The lowest BCUT2D eigenvalue weighted by Crippen LogP contribution is -2.58. The van der Waals surface area contributed by atoms with Gasteiger partial charge in [-0.3, -0.25) is 19.8 Å². The van der Waals surface area contributed by atoms with Crippen LogP contribution in [-0.2, 0) is 20.9 Å². The number of fused-ring (bicyclic) bond motifs is 1. The third kappa shape index (κ3) is 3.66. The van der Waals surface area contributed by atoms with Crippen LogP contribution in [0.5, 0.6) is 5.75 Å². The first kappa shape index (κ1) is 19.6. The van der Waals surface area contributed by atoms with Gasteiger partial charge in [-0.2, -0.15) is 0 Å². The second-order valence-corrected chi connectivity index (χ2v) is 7.42. The summed E-state index contributed by atoms with van der Waals surface area (Å²) in [4.78, 5) is 27.2. The number of likely N-dealkylation sites (tertiary alicyclic amines) is 1. The number of nitrogens with zero attached hydrogens (tertiary/aromatic N) is 1. The number of rotatable bonds is 5. The Morgan fingerprint density at radius 3 is 2.79 bits per heavy atom. The summed E-state index contributed by atoms with van der Waals surface area (Å²) in [6.45, 7) is 0.237. The maximum Gasteiger partial charge on any atom is 0.241 e. The molecule has 1 aromatic rings. The lowest BCUT2D eigenvalue weighted by molar-refractivity contribution is -0.149. The number of amides is 2. The van der Waals surface area contributed by atoms with Gasteiger partial charge in [0.15, 0.2) is 0 Å². The van der Waals surface area contributed by atoms with Crippen LogP contribution in [0.3, 0.4) is 0 Å². The number of allylic oxidation sites excluding steroid dienone is 2. The van der Waals surface area contributed by atoms with Gasteiger partial charge in [0.25, 0.3) is 0 Å². The van der Waals surface area contributed by atoms with Crippen LogP contribution >= 0.6 is 0 Å². The van der Waals surface area contributed by atoms with Crippen molar-refractivity contribution in [1.82, 2.24) is 10.2 Å². The highest BCUT2D eigenvalue weighted by Crippen LogP contribution is 2.39. The Balaban J connectivity index is 1.50. The fourth-order valence-corrected chi connectivity index (χ4v) is 4.12. The number of ether oxygens (including phenoxy) is 2. The monoisotopic (exact) mass is 400 g/mol. The quantitative estimate of drug-likeness (QED) is 0.623. The number of nitrogens with one attached hydrogen (secondary N) is 1. The first-order chi connectivity index (χ1) is 14.0. The molecular formula is C21H24N2O6. The third-order valence-electron chi connectivity index (χ3n) is 5.61. The van der Waals surface area contributed by atoms with Crippen LogP contribution < -0.4 is 10.1 Å². The molecule has 2 saturated heterocycles. The van der Waals surface area contributed by atoms with Crippen LogP contribution in [0.25, 0.3) is 0 Å². The van der Waals surface area contributed by atoms with Gasteiger partial charge in [-0.15, -0.1) is 0 Å². The van der Waals surface area contributed by atoms with Gasteiger partial charge >= 0.3 is 0 Å². The van der Waals surface area contributed by atoms with Gasteiger partial charge in [0.05, 0.1) is 19.1 Å². The molecule has 5 atom stereocenters. The van der Waals surface area contributed by atoms with E-state index in [1.165, 1.54) is 0 Å². The molecule has 2 aliphatic heterocycles. The smallest absolute Gasteiger partial charge is 0.241 e. The van der Waals surface area contributed by atoms with Crippen molar-refractivity contribution >= 4 is 11.8 Å². The molecule has 8 heteroatoms. The molecule has 0 radical (unpaired) electrons. The predicted octanol–water partition coefficient (Wildman–Crippen LogP) is 0.655. The predicted molar refractivity (Wildman–Crippen MR) is 102 cm³/mol. The maximum absolute atomic E-state index is 13.1. The first-order valence-electron chi connectivity index (χ1n) is 9.63. The van der Waals surface area contributed by atoms with Crippen LogP contribution in [-0.4, -0.2) is 52.5 Å². The van der Waals surface area contributed by atoms with E-state index in [1.807, 2.05) is 24.3 Å². The highest BCUT2D eigenvalue weighted by Gasteiger charge is 2.53. The molecule has 2 amide bonds. The van der Waals surface area contributed by atoms with Crippen LogP contribution in [0.1, 0.15) is 18.4 Å². The Morgan fingerprint density at radius 2 is 2.03 bits per heavy atom. The van der Waals surface area contributed by atoms with Gasteiger partial charge in [-0.25, -0.2) is 0 Å². The number of hydrogen-bond donors (Lipinski definition) is 3. The third-order valence-corrected chi connectivity index (χ3v) is 5.61. The lowest BCUT2D eigenvalue weighted by Gasteiger charge is -2.36. The number of aliphatic hydroxyl groups is 2. The SMILES string of the molecule is COc1cccc(COC2=CC=CC3C(=O)N(C4CCC(O)NC4O)C(=O)C23)c1. The van der Waals surface area contributed by atoms with Crippen molar-refractivity contribution in [3.8, 4) is 5.75 Å². The average Bonchev–Trinajstić information content (AvgIpc) is 2.98. The normalized spacial score (nSPS) is 31.5. The molecule has 3 aliphatic rings. The van der Waals surface area contributed by atoms with Crippen molar-refractivity contribution in [2.75, 3.05) is 7.11 Å². The molecule has 0 spiro atoms. The van der Waals surface area contributed by atoms with E-state index < -0.39 is 30.3 Å². The molecule has 2 heterocycles. The van der Waals surface area contributed by atoms with Crippen molar-refractivity contribution in [2.45, 2.75) is 37.9 Å². The molecule has 5 unspecified atom stereocenters. The highest BCUT2D eigenvalue weighted by atomic mass is 16.5. The lowest BCUT2D eigenvalue weighted by atomic mass is 9.89. The number of benzene rings is 1. The van der Waals surface area contributed by atoms with Crippen LogP contribution in [0.4, 0.5) is 0 Å². The molecule has 0 bridgehead atoms. The van der Waals surface area contributed by atoms with E-state index in [-0.39, 0.29) is 18.4 Å². The first-order valence-corrected chi connectivity index (χ1v) is 9.63. The maximum atomic E-state index is 13.1. The van der Waals surface area contributed by atoms with Crippen LogP contribution in [0.15, 0.2) is 48.3 Å². The molecule has 154 valence electrons. The Bertz CT molecular complexity index is 866. The van der Waals surface area contributed by atoms with E-state index in [0.29, 0.717) is 24.4 Å². The molecule has 8 nitrogen and oxygen atoms in total. The van der Waals surface area contributed by atoms with E-state index in [0.717, 1.165) is 10.5 Å². The summed E-state index contributed by atoms with van der Waals surface area (Å²) in [7, 11) is 1.59. The van der Waals surface area contributed by atoms with Crippen LogP contribution in [0.2, 0.25) is 0 Å². The molecule has 29 heavy (non-hydrogen) atoms. The molecule has 1 aromatic carbocycles. The molecule has 3 N–H and O–H groups in total. The molecule has 0 saturated carbocycles. The van der Waals surface area contributed by atoms with Crippen molar-refractivity contribution in [3.05, 3.63) is 53.8 Å². The van der Waals surface area contributed by atoms with Gasteiger partial charge < -0.3 is 19.7 Å². The number of carbonyl (C=O) groups excluding carboxylic acids is 2. The molecule has 1 aliphatic carbocycles. The molecular weight excluding hydrogens is 376 g/mol. The number of hydrogen-bond acceptors (Lipinski definition) is 7. The topological polar surface area (TPSA) is 108 Å². The number of methoxy groups -OCH3 is 1. The van der Waals surface area contributed by atoms with Crippen molar-refractivity contribution < 1.29 is 29.3 Å². The van der Waals surface area contributed by atoms with Gasteiger partial charge in [-0.05, 0) is 36.6 Å². The summed E-state index contributed by atoms with van der Waals surface area (Å²) in [5.41, 5.74) is 0.880. The summed E-state index contributed by atoms with van der Waals surface area (Å²) in [6, 6.07) is 6.72. The second-order valence-electron chi connectivity index (χ2n) is 7.42. The number of piperidine rings is 1. The van der Waals surface area contributed by atoms with Crippen molar-refractivity contribution in [1.29, 1.82) is 0 Å². The van der Waals surface area contributed by atoms with E-state index in [1.54, 1.807) is 25.3 Å². The zero-order valence-corrected chi connectivity index (χ0v) is 16.0. The van der Waals surface area contributed by atoms with Gasteiger partial charge in [0, 0.05) is 0 Å². The summed E-state index contributed by atoms with van der Waals surface area (Å²) in [5, 5.41) is 22.5. The van der Waals surface area contributed by atoms with Crippen molar-refractivity contribution in [3.63, 3.8) is 0 Å². The van der Waals surface area contributed by atoms with Crippen LogP contribution in [0, 0.1) is 11.8 Å². The summed E-state index contributed by atoms with van der Waals surface area (Å²) < 4.78 is 11.1. The Morgan fingerprint density at radius 1 is 1.21 bits per heavy atom. The molecule has 0 aromatic heterocycles. The van der Waals surface area contributed by atoms with Gasteiger partial charge in [0.1, 0.15) is 36.5 Å². The largest absolute Gasteiger partial charge is 0.497 e. The fourth-order valence-electron chi connectivity index (χ4n) is 4.12. The van der Waals surface area contributed by atoms with E-state index in [2.05, 4.69) is 5.32 Å². The Labute approximate surface area is 168 Å². The zero-order valence-electron chi connectivity index (χ0n) is 16.0. The highest BCUT2D eigenvalue weighted by molar-refractivity contribution is 6.07. The van der Waals surface area contributed by atoms with E-state index in [4.69, 9.17) is 9.47 Å². The summed E-state index contributed by atoms with van der Waals surface area (Å²) in [6.07, 6.45) is 3.78.